The minimum Gasteiger partial charge on any atom is -0.462 e. The van der Waals surface area contributed by atoms with Crippen LogP contribution in [0, 0.1) is 0 Å². The van der Waals surface area contributed by atoms with Crippen LogP contribution in [-0.2, 0) is 28.6 Å². The fourth-order valence-corrected chi connectivity index (χ4v) is 9.11. The maximum absolute atomic E-state index is 12.8. The summed E-state index contributed by atoms with van der Waals surface area (Å²) in [6.45, 7) is 6.58. The van der Waals surface area contributed by atoms with Gasteiger partial charge in [-0.05, 0) is 96.3 Å². The Kier molecular flexibility index (Phi) is 59.7. The van der Waals surface area contributed by atoms with Crippen LogP contribution >= 0.6 is 0 Å². The highest BCUT2D eigenvalue weighted by atomic mass is 16.6. The van der Waals surface area contributed by atoms with Crippen molar-refractivity contribution in [2.45, 2.75) is 329 Å². The van der Waals surface area contributed by atoms with Crippen LogP contribution < -0.4 is 0 Å². The molecule has 0 heterocycles. The van der Waals surface area contributed by atoms with Gasteiger partial charge in [-0.2, -0.15) is 0 Å². The highest BCUT2D eigenvalue weighted by Crippen LogP contribution is 2.16. The average Bonchev–Trinajstić information content (AvgIpc) is 3.40. The lowest BCUT2D eigenvalue weighted by molar-refractivity contribution is -0.167. The van der Waals surface area contributed by atoms with E-state index >= 15 is 0 Å². The monoisotopic (exact) mass is 1030 g/mol. The van der Waals surface area contributed by atoms with Crippen molar-refractivity contribution in [2.24, 2.45) is 0 Å². The van der Waals surface area contributed by atoms with E-state index in [2.05, 4.69) is 93.7 Å². The smallest absolute Gasteiger partial charge is 0.306 e. The fourth-order valence-electron chi connectivity index (χ4n) is 9.11. The van der Waals surface area contributed by atoms with Crippen molar-refractivity contribution in [2.75, 3.05) is 13.2 Å². The number of hydrogen-bond donors (Lipinski definition) is 0. The van der Waals surface area contributed by atoms with Gasteiger partial charge >= 0.3 is 17.9 Å². The van der Waals surface area contributed by atoms with Gasteiger partial charge in [-0.3, -0.25) is 14.4 Å². The van der Waals surface area contributed by atoms with Gasteiger partial charge in [0, 0.05) is 19.3 Å². The lowest BCUT2D eigenvalue weighted by atomic mass is 10.0. The van der Waals surface area contributed by atoms with Gasteiger partial charge in [0.25, 0.3) is 0 Å². The third kappa shape index (κ3) is 59.7. The first kappa shape index (κ1) is 70.8. The highest BCUT2D eigenvalue weighted by molar-refractivity contribution is 5.71. The Morgan fingerprint density at radius 1 is 0.270 bits per heavy atom. The molecular formula is C68H120O6. The van der Waals surface area contributed by atoms with Crippen LogP contribution in [-0.4, -0.2) is 37.2 Å². The predicted octanol–water partition coefficient (Wildman–Crippen LogP) is 21.7. The number of carbonyl (C=O) groups excluding carboxylic acids is 3. The van der Waals surface area contributed by atoms with Crippen molar-refractivity contribution < 1.29 is 28.6 Å². The lowest BCUT2D eigenvalue weighted by Crippen LogP contribution is -2.30. The van der Waals surface area contributed by atoms with Crippen LogP contribution in [0.2, 0.25) is 0 Å². The quantitative estimate of drug-likeness (QED) is 0.0261. The molecule has 0 amide bonds. The SMILES string of the molecule is CCCCCCC/C=C\C/C=C\C/C=C\CCCCCCCCCCCCCCC(=O)OCC(COC(=O)CCCCCCCC)OC(=O)CCCCCCCCCC/C=C\C/C=C\C/C=C\CCCCCCC. The van der Waals surface area contributed by atoms with Gasteiger partial charge in [0.15, 0.2) is 6.10 Å². The van der Waals surface area contributed by atoms with Crippen LogP contribution in [0.5, 0.6) is 0 Å². The summed E-state index contributed by atoms with van der Waals surface area (Å²) in [5.41, 5.74) is 0. The Labute approximate surface area is 459 Å². The van der Waals surface area contributed by atoms with E-state index < -0.39 is 6.10 Å². The maximum atomic E-state index is 12.8. The summed E-state index contributed by atoms with van der Waals surface area (Å²) >= 11 is 0. The summed E-state index contributed by atoms with van der Waals surface area (Å²) in [5.74, 6) is -0.885. The van der Waals surface area contributed by atoms with E-state index in [0.29, 0.717) is 19.3 Å². The van der Waals surface area contributed by atoms with Crippen LogP contribution in [0.4, 0.5) is 0 Å². The van der Waals surface area contributed by atoms with Gasteiger partial charge in [0.05, 0.1) is 0 Å². The van der Waals surface area contributed by atoms with Crippen molar-refractivity contribution in [1.82, 2.24) is 0 Å². The molecule has 1 unspecified atom stereocenters. The summed E-state index contributed by atoms with van der Waals surface area (Å²) in [5, 5.41) is 0. The van der Waals surface area contributed by atoms with Gasteiger partial charge < -0.3 is 14.2 Å². The highest BCUT2D eigenvalue weighted by Gasteiger charge is 2.19. The standard InChI is InChI=1S/C68H120O6/c1-4-7-10-13-16-18-20-22-24-26-28-30-32-33-34-35-37-38-40-42-44-46-48-50-52-55-58-61-67(70)73-64-65(63-72-66(69)60-57-54-15-12-9-6-3)74-68(71)62-59-56-53-51-49-47-45-43-41-39-36-31-29-27-25-23-21-19-17-14-11-8-5-2/h20-23,26-29,32-33,36,39,65H,4-19,24-25,30-31,34-35,37-38,40-64H2,1-3H3/b22-20-,23-21-,28-26-,29-27-,33-32-,39-36-. The lowest BCUT2D eigenvalue weighted by Gasteiger charge is -2.18. The first-order chi connectivity index (χ1) is 36.5. The maximum Gasteiger partial charge on any atom is 0.306 e. The van der Waals surface area contributed by atoms with E-state index in [1.54, 1.807) is 0 Å². The zero-order chi connectivity index (χ0) is 53.6. The van der Waals surface area contributed by atoms with E-state index in [0.717, 1.165) is 89.9 Å². The molecule has 0 fully saturated rings. The molecule has 0 aliphatic carbocycles. The molecule has 0 saturated heterocycles. The second kappa shape index (κ2) is 62.4. The van der Waals surface area contributed by atoms with E-state index in [1.807, 2.05) is 0 Å². The fraction of sp³-hybridized carbons (Fsp3) is 0.779. The summed E-state index contributed by atoms with van der Waals surface area (Å²) in [6.07, 6.45) is 80.8. The molecule has 0 radical (unpaired) electrons. The predicted molar refractivity (Wildman–Crippen MR) is 321 cm³/mol. The summed E-state index contributed by atoms with van der Waals surface area (Å²) in [6, 6.07) is 0. The molecule has 0 aromatic rings. The molecule has 0 bridgehead atoms. The molecule has 0 saturated carbocycles. The van der Waals surface area contributed by atoms with Gasteiger partial charge in [0.2, 0.25) is 0 Å². The minimum absolute atomic E-state index is 0.0777. The second-order valence-corrected chi connectivity index (χ2v) is 21.3. The molecule has 0 aliphatic rings. The van der Waals surface area contributed by atoms with E-state index in [4.69, 9.17) is 14.2 Å². The molecule has 0 aromatic carbocycles. The molecule has 0 spiro atoms. The van der Waals surface area contributed by atoms with Crippen molar-refractivity contribution in [3.05, 3.63) is 72.9 Å². The van der Waals surface area contributed by atoms with Crippen LogP contribution in [0.25, 0.3) is 0 Å². The van der Waals surface area contributed by atoms with Crippen LogP contribution in [0.3, 0.4) is 0 Å². The summed E-state index contributed by atoms with van der Waals surface area (Å²) < 4.78 is 16.8. The average molecular weight is 1030 g/mol. The molecule has 0 aromatic heterocycles. The first-order valence-electron chi connectivity index (χ1n) is 31.9. The first-order valence-corrected chi connectivity index (χ1v) is 31.9. The summed E-state index contributed by atoms with van der Waals surface area (Å²) in [7, 11) is 0. The Balaban J connectivity index is 4.10. The van der Waals surface area contributed by atoms with Gasteiger partial charge in [-0.25, -0.2) is 0 Å². The number of esters is 3. The van der Waals surface area contributed by atoms with Gasteiger partial charge in [0.1, 0.15) is 13.2 Å². The van der Waals surface area contributed by atoms with E-state index in [-0.39, 0.29) is 31.1 Å². The third-order valence-electron chi connectivity index (χ3n) is 13.9. The Morgan fingerprint density at radius 3 is 0.757 bits per heavy atom. The third-order valence-corrected chi connectivity index (χ3v) is 13.9. The number of ether oxygens (including phenoxy) is 3. The summed E-state index contributed by atoms with van der Waals surface area (Å²) in [4.78, 5) is 38.0. The second-order valence-electron chi connectivity index (χ2n) is 21.3. The minimum atomic E-state index is -0.777. The van der Waals surface area contributed by atoms with Crippen molar-refractivity contribution in [3.8, 4) is 0 Å². The van der Waals surface area contributed by atoms with Gasteiger partial charge in [-0.1, -0.05) is 280 Å². The topological polar surface area (TPSA) is 78.9 Å². The molecular weight excluding hydrogens is 913 g/mol. The number of allylic oxidation sites excluding steroid dienone is 12. The van der Waals surface area contributed by atoms with E-state index in [1.165, 1.54) is 193 Å². The molecule has 1 atom stereocenters. The van der Waals surface area contributed by atoms with Crippen LogP contribution in [0.1, 0.15) is 323 Å². The molecule has 6 heteroatoms. The van der Waals surface area contributed by atoms with Crippen LogP contribution in [0.15, 0.2) is 72.9 Å². The normalized spacial score (nSPS) is 12.5. The van der Waals surface area contributed by atoms with E-state index in [9.17, 15) is 14.4 Å². The zero-order valence-electron chi connectivity index (χ0n) is 49.1. The molecule has 6 nitrogen and oxygen atoms in total. The van der Waals surface area contributed by atoms with Crippen molar-refractivity contribution in [1.29, 1.82) is 0 Å². The van der Waals surface area contributed by atoms with Crippen molar-refractivity contribution >= 4 is 17.9 Å². The Hall–Kier alpha value is -3.15. The van der Waals surface area contributed by atoms with Gasteiger partial charge in [-0.15, -0.1) is 0 Å². The zero-order valence-corrected chi connectivity index (χ0v) is 49.1. The van der Waals surface area contributed by atoms with Crippen molar-refractivity contribution in [3.63, 3.8) is 0 Å². The molecule has 428 valence electrons. The molecule has 74 heavy (non-hydrogen) atoms. The Bertz CT molecular complexity index is 1370. The number of unbranched alkanes of at least 4 members (excludes halogenated alkanes) is 35. The molecule has 0 aliphatic heterocycles. The largest absolute Gasteiger partial charge is 0.462 e. The number of carbonyl (C=O) groups is 3. The molecule has 0 N–H and O–H groups in total. The number of hydrogen-bond acceptors (Lipinski definition) is 6. The molecule has 0 rings (SSSR count). The Morgan fingerprint density at radius 2 is 0.486 bits per heavy atom. The number of rotatable bonds is 58.